The first-order valence-corrected chi connectivity index (χ1v) is 6.27. The van der Waals surface area contributed by atoms with Gasteiger partial charge in [-0.25, -0.2) is 4.39 Å². The van der Waals surface area contributed by atoms with E-state index in [0.29, 0.717) is 19.1 Å². The lowest BCUT2D eigenvalue weighted by Gasteiger charge is -2.22. The van der Waals surface area contributed by atoms with Gasteiger partial charge in [-0.1, -0.05) is 6.07 Å². The average molecular weight is 251 g/mol. The molecule has 1 N–H and O–H groups in total. The van der Waals surface area contributed by atoms with E-state index in [0.717, 1.165) is 24.0 Å². The van der Waals surface area contributed by atoms with Crippen molar-refractivity contribution in [1.82, 2.24) is 4.90 Å². The molecule has 1 aromatic rings. The standard InChI is InChI=1S/C14H18FNO2/c1-10-8-12(15)3-2-11(10)9-16(13-4-5-13)7-6-14(17)18/h2-3,8,13H,4-7,9H2,1H3,(H,17,18). The second-order valence-electron chi connectivity index (χ2n) is 4.92. The number of hydrogen-bond acceptors (Lipinski definition) is 2. The molecule has 0 amide bonds. The van der Waals surface area contributed by atoms with Gasteiger partial charge in [-0.15, -0.1) is 0 Å². The monoisotopic (exact) mass is 251 g/mol. The number of rotatable bonds is 6. The molecule has 1 saturated carbocycles. The molecule has 0 aromatic heterocycles. The molecule has 4 heteroatoms. The molecule has 0 bridgehead atoms. The predicted molar refractivity (Wildman–Crippen MR) is 66.8 cm³/mol. The normalized spacial score (nSPS) is 15.1. The largest absolute Gasteiger partial charge is 0.481 e. The number of carboxylic acid groups (broad SMARTS) is 1. The van der Waals surface area contributed by atoms with Gasteiger partial charge in [0.1, 0.15) is 5.82 Å². The van der Waals surface area contributed by atoms with E-state index >= 15 is 0 Å². The number of carboxylic acids is 1. The van der Waals surface area contributed by atoms with Crippen molar-refractivity contribution in [3.8, 4) is 0 Å². The van der Waals surface area contributed by atoms with Crippen LogP contribution in [0.1, 0.15) is 30.4 Å². The highest BCUT2D eigenvalue weighted by Crippen LogP contribution is 2.29. The molecule has 0 radical (unpaired) electrons. The van der Waals surface area contributed by atoms with Crippen LogP contribution in [-0.4, -0.2) is 28.6 Å². The van der Waals surface area contributed by atoms with Crippen molar-refractivity contribution < 1.29 is 14.3 Å². The lowest BCUT2D eigenvalue weighted by atomic mass is 10.1. The van der Waals surface area contributed by atoms with Gasteiger partial charge in [-0.3, -0.25) is 9.69 Å². The number of carbonyl (C=O) groups is 1. The lowest BCUT2D eigenvalue weighted by Crippen LogP contribution is -2.28. The van der Waals surface area contributed by atoms with E-state index in [1.165, 1.54) is 12.1 Å². The minimum atomic E-state index is -0.767. The number of halogens is 1. The zero-order chi connectivity index (χ0) is 13.1. The third kappa shape index (κ3) is 3.53. The van der Waals surface area contributed by atoms with Crippen LogP contribution in [0, 0.1) is 12.7 Å². The quantitative estimate of drug-likeness (QED) is 0.844. The molecule has 1 aliphatic carbocycles. The number of aliphatic carboxylic acids is 1. The molecular formula is C14H18FNO2. The maximum Gasteiger partial charge on any atom is 0.304 e. The third-order valence-corrected chi connectivity index (χ3v) is 3.35. The Balaban J connectivity index is 2.01. The number of aryl methyl sites for hydroxylation is 1. The van der Waals surface area contributed by atoms with Crippen LogP contribution in [-0.2, 0) is 11.3 Å². The summed E-state index contributed by atoms with van der Waals surface area (Å²) in [6.45, 7) is 3.17. The molecule has 1 aromatic carbocycles. The Bertz CT molecular complexity index is 443. The average Bonchev–Trinajstić information content (AvgIpc) is 3.10. The fraction of sp³-hybridized carbons (Fsp3) is 0.500. The van der Waals surface area contributed by atoms with Crippen LogP contribution in [0.2, 0.25) is 0 Å². The van der Waals surface area contributed by atoms with Crippen molar-refractivity contribution in [2.75, 3.05) is 6.54 Å². The number of benzene rings is 1. The molecular weight excluding hydrogens is 233 g/mol. The summed E-state index contributed by atoms with van der Waals surface area (Å²) in [5, 5.41) is 8.75. The Morgan fingerprint density at radius 2 is 2.22 bits per heavy atom. The second-order valence-corrected chi connectivity index (χ2v) is 4.92. The summed E-state index contributed by atoms with van der Waals surface area (Å²) in [7, 11) is 0. The van der Waals surface area contributed by atoms with E-state index in [9.17, 15) is 9.18 Å². The summed E-state index contributed by atoms with van der Waals surface area (Å²) in [4.78, 5) is 12.8. The summed E-state index contributed by atoms with van der Waals surface area (Å²) in [5.41, 5.74) is 2.00. The van der Waals surface area contributed by atoms with Crippen molar-refractivity contribution in [3.63, 3.8) is 0 Å². The van der Waals surface area contributed by atoms with Crippen LogP contribution < -0.4 is 0 Å². The Hall–Kier alpha value is -1.42. The fourth-order valence-electron chi connectivity index (χ4n) is 2.13. The van der Waals surface area contributed by atoms with Gasteiger partial charge in [0.05, 0.1) is 6.42 Å². The molecule has 0 aliphatic heterocycles. The maximum absolute atomic E-state index is 13.0. The third-order valence-electron chi connectivity index (χ3n) is 3.35. The minimum Gasteiger partial charge on any atom is -0.481 e. The van der Waals surface area contributed by atoms with Gasteiger partial charge in [0.25, 0.3) is 0 Å². The molecule has 0 spiro atoms. The highest BCUT2D eigenvalue weighted by atomic mass is 19.1. The van der Waals surface area contributed by atoms with E-state index in [4.69, 9.17) is 5.11 Å². The summed E-state index contributed by atoms with van der Waals surface area (Å²) >= 11 is 0. The zero-order valence-corrected chi connectivity index (χ0v) is 10.5. The van der Waals surface area contributed by atoms with Crippen LogP contribution in [0.5, 0.6) is 0 Å². The molecule has 0 unspecified atom stereocenters. The predicted octanol–water partition coefficient (Wildman–Crippen LogP) is 2.57. The lowest BCUT2D eigenvalue weighted by molar-refractivity contribution is -0.137. The van der Waals surface area contributed by atoms with Crippen molar-refractivity contribution in [3.05, 3.63) is 35.1 Å². The van der Waals surface area contributed by atoms with E-state index in [1.54, 1.807) is 6.07 Å². The Kier molecular flexibility index (Phi) is 3.97. The first kappa shape index (κ1) is 13.0. The van der Waals surface area contributed by atoms with Gasteiger partial charge >= 0.3 is 5.97 Å². The molecule has 18 heavy (non-hydrogen) atoms. The highest BCUT2D eigenvalue weighted by molar-refractivity contribution is 5.66. The van der Waals surface area contributed by atoms with Crippen LogP contribution in [0.15, 0.2) is 18.2 Å². The van der Waals surface area contributed by atoms with Crippen molar-refractivity contribution in [1.29, 1.82) is 0 Å². The van der Waals surface area contributed by atoms with E-state index in [1.807, 2.05) is 6.92 Å². The van der Waals surface area contributed by atoms with Gasteiger partial charge in [-0.2, -0.15) is 0 Å². The second kappa shape index (κ2) is 5.48. The number of hydrogen-bond donors (Lipinski definition) is 1. The Morgan fingerprint density at radius 1 is 1.50 bits per heavy atom. The van der Waals surface area contributed by atoms with Crippen LogP contribution in [0.25, 0.3) is 0 Å². The molecule has 98 valence electrons. The summed E-state index contributed by atoms with van der Waals surface area (Å²) < 4.78 is 13.0. The van der Waals surface area contributed by atoms with Gasteiger partial charge in [0.15, 0.2) is 0 Å². The maximum atomic E-state index is 13.0. The van der Waals surface area contributed by atoms with E-state index in [2.05, 4.69) is 4.90 Å². The summed E-state index contributed by atoms with van der Waals surface area (Å²) in [5.74, 6) is -0.990. The molecule has 0 saturated heterocycles. The van der Waals surface area contributed by atoms with Crippen molar-refractivity contribution in [2.24, 2.45) is 0 Å². The van der Waals surface area contributed by atoms with Crippen LogP contribution in [0.4, 0.5) is 4.39 Å². The Morgan fingerprint density at radius 3 is 2.78 bits per heavy atom. The molecule has 0 atom stereocenters. The number of nitrogens with zero attached hydrogens (tertiary/aromatic N) is 1. The molecule has 1 aliphatic rings. The van der Waals surface area contributed by atoms with Crippen molar-refractivity contribution in [2.45, 2.75) is 38.8 Å². The first-order chi connectivity index (χ1) is 8.56. The molecule has 1 fully saturated rings. The minimum absolute atomic E-state index is 0.163. The topological polar surface area (TPSA) is 40.5 Å². The van der Waals surface area contributed by atoms with Crippen molar-refractivity contribution >= 4 is 5.97 Å². The summed E-state index contributed by atoms with van der Waals surface area (Å²) in [6.07, 6.45) is 2.44. The van der Waals surface area contributed by atoms with E-state index < -0.39 is 5.97 Å². The van der Waals surface area contributed by atoms with Gasteiger partial charge in [-0.05, 0) is 43.0 Å². The summed E-state index contributed by atoms with van der Waals surface area (Å²) in [6, 6.07) is 5.29. The van der Waals surface area contributed by atoms with Gasteiger partial charge in [0, 0.05) is 19.1 Å². The van der Waals surface area contributed by atoms with Gasteiger partial charge in [0.2, 0.25) is 0 Å². The molecule has 2 rings (SSSR count). The smallest absolute Gasteiger partial charge is 0.304 e. The van der Waals surface area contributed by atoms with E-state index in [-0.39, 0.29) is 12.2 Å². The zero-order valence-electron chi connectivity index (χ0n) is 10.5. The SMILES string of the molecule is Cc1cc(F)ccc1CN(CCC(=O)O)C1CC1. The fourth-order valence-corrected chi connectivity index (χ4v) is 2.13. The Labute approximate surface area is 106 Å². The van der Waals surface area contributed by atoms with Crippen LogP contribution in [0.3, 0.4) is 0 Å². The first-order valence-electron chi connectivity index (χ1n) is 6.27. The molecule has 0 heterocycles. The van der Waals surface area contributed by atoms with Gasteiger partial charge < -0.3 is 5.11 Å². The molecule has 3 nitrogen and oxygen atoms in total. The van der Waals surface area contributed by atoms with Crippen LogP contribution >= 0.6 is 0 Å². The highest BCUT2D eigenvalue weighted by Gasteiger charge is 2.29.